The highest BCUT2D eigenvalue weighted by molar-refractivity contribution is 7.92. The second-order valence-electron chi connectivity index (χ2n) is 8.05. The number of anilines is 1. The number of amides is 2. The molecule has 0 aromatic heterocycles. The Balaban J connectivity index is 2.15. The van der Waals surface area contributed by atoms with Crippen LogP contribution in [0.3, 0.4) is 0 Å². The summed E-state index contributed by atoms with van der Waals surface area (Å²) in [5.74, 6) is 0.123. The van der Waals surface area contributed by atoms with Crippen molar-refractivity contribution in [1.29, 1.82) is 0 Å². The molecule has 0 aliphatic rings. The topological polar surface area (TPSA) is 96.0 Å². The van der Waals surface area contributed by atoms with Gasteiger partial charge in [0.05, 0.1) is 18.6 Å². The first-order valence-corrected chi connectivity index (χ1v) is 13.8. The van der Waals surface area contributed by atoms with Crippen LogP contribution < -0.4 is 14.4 Å². The van der Waals surface area contributed by atoms with E-state index in [2.05, 4.69) is 5.32 Å². The second-order valence-corrected chi connectivity index (χ2v) is 10.4. The predicted molar refractivity (Wildman–Crippen MR) is 139 cm³/mol. The first kappa shape index (κ1) is 28.5. The Hall–Kier alpha value is -2.78. The van der Waals surface area contributed by atoms with Crippen LogP contribution in [0.2, 0.25) is 5.02 Å². The fourth-order valence-corrected chi connectivity index (χ4v) is 4.75. The molecule has 0 spiro atoms. The van der Waals surface area contributed by atoms with Crippen LogP contribution >= 0.6 is 11.6 Å². The second kappa shape index (κ2) is 13.3. The van der Waals surface area contributed by atoms with Crippen LogP contribution in [0.15, 0.2) is 48.5 Å². The Morgan fingerprint density at radius 3 is 2.31 bits per heavy atom. The third kappa shape index (κ3) is 8.43. The third-order valence-electron chi connectivity index (χ3n) is 5.40. The summed E-state index contributed by atoms with van der Waals surface area (Å²) in [4.78, 5) is 27.2. The highest BCUT2D eigenvalue weighted by Crippen LogP contribution is 2.23. The van der Waals surface area contributed by atoms with Gasteiger partial charge in [-0.05, 0) is 63.1 Å². The number of nitrogens with zero attached hydrogens (tertiary/aromatic N) is 2. The number of hydrogen-bond acceptors (Lipinski definition) is 5. The van der Waals surface area contributed by atoms with Gasteiger partial charge in [0, 0.05) is 31.1 Å². The summed E-state index contributed by atoms with van der Waals surface area (Å²) in [5, 5.41) is 3.25. The summed E-state index contributed by atoms with van der Waals surface area (Å²) in [5.41, 5.74) is 1.22. The molecule has 2 amide bonds. The lowest BCUT2D eigenvalue weighted by atomic mass is 10.1. The molecule has 0 aliphatic heterocycles. The molecule has 0 aliphatic carbocycles. The first-order chi connectivity index (χ1) is 16.6. The van der Waals surface area contributed by atoms with Crippen LogP contribution in [0.1, 0.15) is 39.2 Å². The van der Waals surface area contributed by atoms with E-state index in [1.807, 2.05) is 26.0 Å². The molecule has 2 aromatic carbocycles. The summed E-state index contributed by atoms with van der Waals surface area (Å²) in [6.07, 6.45) is 1.48. The molecule has 2 rings (SSSR count). The van der Waals surface area contributed by atoms with Gasteiger partial charge in [0.25, 0.3) is 0 Å². The van der Waals surface area contributed by atoms with Gasteiger partial charge in [-0.3, -0.25) is 13.9 Å². The summed E-state index contributed by atoms with van der Waals surface area (Å²) >= 11 is 6.29. The average molecular weight is 524 g/mol. The Kier molecular flexibility index (Phi) is 10.9. The van der Waals surface area contributed by atoms with Crippen LogP contribution in [0, 0.1) is 0 Å². The van der Waals surface area contributed by atoms with Gasteiger partial charge in [-0.2, -0.15) is 0 Å². The third-order valence-corrected chi connectivity index (χ3v) is 6.97. The van der Waals surface area contributed by atoms with Crippen LogP contribution in [-0.2, 0) is 26.2 Å². The van der Waals surface area contributed by atoms with Gasteiger partial charge >= 0.3 is 0 Å². The molecule has 10 heteroatoms. The molecule has 0 radical (unpaired) electrons. The van der Waals surface area contributed by atoms with Gasteiger partial charge in [0.1, 0.15) is 11.8 Å². The van der Waals surface area contributed by atoms with Crippen molar-refractivity contribution in [2.45, 2.75) is 46.2 Å². The van der Waals surface area contributed by atoms with Gasteiger partial charge in [-0.1, -0.05) is 29.8 Å². The van der Waals surface area contributed by atoms with Crippen LogP contribution in [-0.4, -0.2) is 57.1 Å². The van der Waals surface area contributed by atoms with E-state index in [-0.39, 0.29) is 37.7 Å². The highest BCUT2D eigenvalue weighted by Gasteiger charge is 2.27. The Morgan fingerprint density at radius 1 is 1.09 bits per heavy atom. The molecule has 0 bridgehead atoms. The largest absolute Gasteiger partial charge is 0.494 e. The maximum absolute atomic E-state index is 13.2. The zero-order valence-corrected chi connectivity index (χ0v) is 22.2. The van der Waals surface area contributed by atoms with E-state index in [4.69, 9.17) is 16.3 Å². The lowest BCUT2D eigenvalue weighted by Crippen LogP contribution is -2.47. The molecule has 1 unspecified atom stereocenters. The van der Waals surface area contributed by atoms with E-state index in [0.29, 0.717) is 29.6 Å². The molecule has 1 atom stereocenters. The lowest BCUT2D eigenvalue weighted by Gasteiger charge is -2.29. The minimum atomic E-state index is -3.57. The van der Waals surface area contributed by atoms with Crippen molar-refractivity contribution >= 4 is 39.1 Å². The molecule has 1 N–H and O–H groups in total. The quantitative estimate of drug-likeness (QED) is 0.430. The number of carbonyl (C=O) groups excluding carboxylic acids is 2. The van der Waals surface area contributed by atoms with Crippen LogP contribution in [0.4, 0.5) is 5.69 Å². The Bertz CT molecular complexity index is 1090. The molecule has 0 fully saturated rings. The number of sulfonamides is 1. The molecular formula is C25H34ClN3O5S. The zero-order chi connectivity index (χ0) is 26.0. The number of rotatable bonds is 13. The SMILES string of the molecule is CCNC(=O)C(C)N(Cc1ccccc1Cl)C(=O)CCCN(c1ccc(OCC)cc1)S(C)(=O)=O. The number of carbonyl (C=O) groups is 2. The standard InChI is InChI=1S/C25H34ClN3O5S/c1-5-27-25(31)19(3)28(18-20-10-7-8-11-23(20)26)24(30)12-9-17-29(35(4,32)33)21-13-15-22(16-14-21)34-6-2/h7-8,10-11,13-16,19H,5-6,9,12,17-18H2,1-4H3,(H,27,31). The minimum absolute atomic E-state index is 0.0667. The Labute approximate surface area is 213 Å². The van der Waals surface area contributed by atoms with E-state index in [1.165, 1.54) is 9.21 Å². The minimum Gasteiger partial charge on any atom is -0.494 e. The fraction of sp³-hybridized carbons (Fsp3) is 0.440. The number of likely N-dealkylation sites (N-methyl/N-ethyl adjacent to an activating group) is 1. The number of nitrogens with one attached hydrogen (secondary N) is 1. The molecular weight excluding hydrogens is 490 g/mol. The number of halogens is 1. The number of hydrogen-bond donors (Lipinski definition) is 1. The lowest BCUT2D eigenvalue weighted by molar-refractivity contribution is -0.140. The maximum Gasteiger partial charge on any atom is 0.242 e. The summed E-state index contributed by atoms with van der Waals surface area (Å²) in [6.45, 7) is 6.60. The monoisotopic (exact) mass is 523 g/mol. The van der Waals surface area contributed by atoms with Gasteiger partial charge in [0.15, 0.2) is 0 Å². The van der Waals surface area contributed by atoms with Gasteiger partial charge in [0.2, 0.25) is 21.8 Å². The summed E-state index contributed by atoms with van der Waals surface area (Å²) in [7, 11) is -3.57. The van der Waals surface area contributed by atoms with Gasteiger partial charge in [-0.25, -0.2) is 8.42 Å². The molecule has 0 saturated heterocycles. The molecule has 192 valence electrons. The van der Waals surface area contributed by atoms with E-state index in [9.17, 15) is 18.0 Å². The first-order valence-electron chi connectivity index (χ1n) is 11.6. The molecule has 0 saturated carbocycles. The van der Waals surface area contributed by atoms with Crippen molar-refractivity contribution in [2.75, 3.05) is 30.3 Å². The van der Waals surface area contributed by atoms with Crippen LogP contribution in [0.25, 0.3) is 0 Å². The summed E-state index contributed by atoms with van der Waals surface area (Å²) < 4.78 is 31.6. The molecule has 2 aromatic rings. The fourth-order valence-electron chi connectivity index (χ4n) is 3.59. The molecule has 0 heterocycles. The van der Waals surface area contributed by atoms with Gasteiger partial charge in [-0.15, -0.1) is 0 Å². The zero-order valence-electron chi connectivity index (χ0n) is 20.7. The predicted octanol–water partition coefficient (Wildman–Crippen LogP) is 3.84. The van der Waals surface area contributed by atoms with Crippen molar-refractivity contribution < 1.29 is 22.7 Å². The van der Waals surface area contributed by atoms with E-state index in [0.717, 1.165) is 11.8 Å². The molecule has 8 nitrogen and oxygen atoms in total. The smallest absolute Gasteiger partial charge is 0.242 e. The van der Waals surface area contributed by atoms with Gasteiger partial charge < -0.3 is 15.0 Å². The van der Waals surface area contributed by atoms with Crippen molar-refractivity contribution in [3.63, 3.8) is 0 Å². The van der Waals surface area contributed by atoms with Crippen molar-refractivity contribution in [3.05, 3.63) is 59.1 Å². The van der Waals surface area contributed by atoms with Crippen LogP contribution in [0.5, 0.6) is 5.75 Å². The highest BCUT2D eigenvalue weighted by atomic mass is 35.5. The summed E-state index contributed by atoms with van der Waals surface area (Å²) in [6, 6.07) is 13.2. The van der Waals surface area contributed by atoms with Crippen molar-refractivity contribution in [2.24, 2.45) is 0 Å². The van der Waals surface area contributed by atoms with E-state index in [1.54, 1.807) is 43.3 Å². The Morgan fingerprint density at radius 2 is 1.74 bits per heavy atom. The van der Waals surface area contributed by atoms with Crippen molar-refractivity contribution in [3.8, 4) is 5.75 Å². The maximum atomic E-state index is 13.2. The normalized spacial score (nSPS) is 12.0. The van der Waals surface area contributed by atoms with E-state index >= 15 is 0 Å². The number of benzene rings is 2. The van der Waals surface area contributed by atoms with Crippen molar-refractivity contribution in [1.82, 2.24) is 10.2 Å². The van der Waals surface area contributed by atoms with E-state index < -0.39 is 16.1 Å². The molecule has 35 heavy (non-hydrogen) atoms. The average Bonchev–Trinajstić information content (AvgIpc) is 2.81. The number of ether oxygens (including phenoxy) is 1.